The third-order valence-electron chi connectivity index (χ3n) is 4.13. The molecule has 0 fully saturated rings. The summed E-state index contributed by atoms with van der Waals surface area (Å²) >= 11 is 0. The Bertz CT molecular complexity index is 1150. The van der Waals surface area contributed by atoms with Gasteiger partial charge in [-0.15, -0.1) is 5.10 Å². The second-order valence-electron chi connectivity index (χ2n) is 6.68. The van der Waals surface area contributed by atoms with E-state index in [4.69, 9.17) is 4.52 Å². The minimum absolute atomic E-state index is 0.154. The van der Waals surface area contributed by atoms with E-state index in [9.17, 15) is 9.18 Å². The highest BCUT2D eigenvalue weighted by Gasteiger charge is 2.18. The SMILES string of the molecule is Cc1cc(C)cc(NC(=O)c2nc(-c3cn(Cc4ccc(F)cc4)nn3)no2)c1. The molecule has 2 heterocycles. The molecule has 4 aromatic rings. The number of aromatic nitrogens is 5. The number of benzene rings is 2. The number of hydrogen-bond acceptors (Lipinski definition) is 6. The number of hydrogen-bond donors (Lipinski definition) is 1. The van der Waals surface area contributed by atoms with Gasteiger partial charge in [0, 0.05) is 5.69 Å². The lowest BCUT2D eigenvalue weighted by Crippen LogP contribution is -2.12. The molecule has 0 spiro atoms. The van der Waals surface area contributed by atoms with Crippen LogP contribution in [0.1, 0.15) is 27.4 Å². The van der Waals surface area contributed by atoms with Gasteiger partial charge in [0.1, 0.15) is 5.82 Å². The van der Waals surface area contributed by atoms with Crippen LogP contribution in [0.25, 0.3) is 11.5 Å². The minimum Gasteiger partial charge on any atom is -0.328 e. The summed E-state index contributed by atoms with van der Waals surface area (Å²) in [5.41, 5.74) is 3.94. The van der Waals surface area contributed by atoms with Crippen molar-refractivity contribution < 1.29 is 13.7 Å². The third kappa shape index (κ3) is 4.34. The Morgan fingerprint density at radius 2 is 1.86 bits per heavy atom. The molecule has 4 rings (SSSR count). The predicted octanol–water partition coefficient (Wildman–Crippen LogP) is 3.38. The molecule has 0 saturated carbocycles. The Morgan fingerprint density at radius 3 is 2.59 bits per heavy atom. The van der Waals surface area contributed by atoms with E-state index >= 15 is 0 Å². The molecule has 146 valence electrons. The van der Waals surface area contributed by atoms with Crippen molar-refractivity contribution in [3.05, 3.63) is 77.1 Å². The van der Waals surface area contributed by atoms with Crippen molar-refractivity contribution in [3.8, 4) is 11.5 Å². The van der Waals surface area contributed by atoms with Gasteiger partial charge in [-0.1, -0.05) is 28.6 Å². The topological polar surface area (TPSA) is 98.7 Å². The molecule has 0 bridgehead atoms. The summed E-state index contributed by atoms with van der Waals surface area (Å²) in [6, 6.07) is 11.8. The van der Waals surface area contributed by atoms with E-state index < -0.39 is 5.91 Å². The Kier molecular flexibility index (Phi) is 4.86. The Labute approximate surface area is 165 Å². The molecular weight excluding hydrogens is 375 g/mol. The Hall–Kier alpha value is -3.88. The normalized spacial score (nSPS) is 10.9. The molecule has 0 aliphatic carbocycles. The van der Waals surface area contributed by atoms with E-state index in [1.165, 1.54) is 12.1 Å². The van der Waals surface area contributed by atoms with Gasteiger partial charge in [-0.3, -0.25) is 4.79 Å². The summed E-state index contributed by atoms with van der Waals surface area (Å²) in [6.45, 7) is 4.30. The zero-order valence-electron chi connectivity index (χ0n) is 15.8. The third-order valence-corrected chi connectivity index (χ3v) is 4.13. The van der Waals surface area contributed by atoms with Crippen LogP contribution in [0.3, 0.4) is 0 Å². The van der Waals surface area contributed by atoms with Crippen molar-refractivity contribution in [2.24, 2.45) is 0 Å². The van der Waals surface area contributed by atoms with E-state index in [1.54, 1.807) is 23.0 Å². The van der Waals surface area contributed by atoms with Crippen LogP contribution in [0.5, 0.6) is 0 Å². The second kappa shape index (κ2) is 7.63. The van der Waals surface area contributed by atoms with Gasteiger partial charge in [0.2, 0.25) is 5.82 Å². The van der Waals surface area contributed by atoms with E-state index in [0.29, 0.717) is 17.9 Å². The number of amides is 1. The molecule has 1 amide bonds. The molecule has 0 radical (unpaired) electrons. The van der Waals surface area contributed by atoms with E-state index in [1.807, 2.05) is 32.0 Å². The lowest BCUT2D eigenvalue weighted by molar-refractivity contribution is 0.0981. The standard InChI is InChI=1S/C20H17FN6O2/c1-12-7-13(2)9-16(8-12)22-19(28)20-23-18(25-29-20)17-11-27(26-24-17)10-14-3-5-15(21)6-4-14/h3-9,11H,10H2,1-2H3,(H,22,28). The van der Waals surface area contributed by atoms with Gasteiger partial charge < -0.3 is 9.84 Å². The average molecular weight is 392 g/mol. The summed E-state index contributed by atoms with van der Waals surface area (Å²) in [6.07, 6.45) is 1.62. The molecule has 0 aliphatic rings. The average Bonchev–Trinajstić information content (AvgIpc) is 3.32. The van der Waals surface area contributed by atoms with Crippen molar-refractivity contribution in [2.75, 3.05) is 5.32 Å². The number of rotatable bonds is 5. The molecule has 0 unspecified atom stereocenters. The molecule has 2 aromatic heterocycles. The minimum atomic E-state index is -0.507. The molecule has 0 saturated heterocycles. The maximum atomic E-state index is 13.0. The van der Waals surface area contributed by atoms with Crippen molar-refractivity contribution in [1.29, 1.82) is 0 Å². The van der Waals surface area contributed by atoms with Crippen molar-refractivity contribution in [3.63, 3.8) is 0 Å². The number of nitrogens with one attached hydrogen (secondary N) is 1. The highest BCUT2D eigenvalue weighted by molar-refractivity contribution is 6.01. The zero-order chi connectivity index (χ0) is 20.4. The van der Waals surface area contributed by atoms with E-state index in [-0.39, 0.29) is 17.5 Å². The van der Waals surface area contributed by atoms with Crippen LogP contribution >= 0.6 is 0 Å². The Balaban J connectivity index is 1.46. The van der Waals surface area contributed by atoms with Gasteiger partial charge >= 0.3 is 11.8 Å². The molecule has 0 atom stereocenters. The summed E-state index contributed by atoms with van der Waals surface area (Å²) < 4.78 is 19.6. The summed E-state index contributed by atoms with van der Waals surface area (Å²) in [5, 5.41) is 14.5. The van der Waals surface area contributed by atoms with Crippen LogP contribution in [-0.2, 0) is 6.54 Å². The van der Waals surface area contributed by atoms with E-state index in [0.717, 1.165) is 16.7 Å². The number of carbonyl (C=O) groups is 1. The number of halogens is 1. The van der Waals surface area contributed by atoms with Gasteiger partial charge in [0.25, 0.3) is 0 Å². The number of anilines is 1. The smallest absolute Gasteiger partial charge is 0.316 e. The largest absolute Gasteiger partial charge is 0.328 e. The monoisotopic (exact) mass is 392 g/mol. The fourth-order valence-corrected chi connectivity index (χ4v) is 2.91. The summed E-state index contributed by atoms with van der Waals surface area (Å²) in [5.74, 6) is -0.827. The first-order valence-electron chi connectivity index (χ1n) is 8.84. The maximum absolute atomic E-state index is 13.0. The highest BCUT2D eigenvalue weighted by atomic mass is 19.1. The van der Waals surface area contributed by atoms with Gasteiger partial charge in [0.05, 0.1) is 12.7 Å². The lowest BCUT2D eigenvalue weighted by Gasteiger charge is -2.04. The number of aryl methyl sites for hydroxylation is 2. The molecule has 2 aromatic carbocycles. The van der Waals surface area contributed by atoms with Crippen molar-refractivity contribution in [2.45, 2.75) is 20.4 Å². The zero-order valence-corrected chi connectivity index (χ0v) is 15.8. The number of nitrogens with zero attached hydrogens (tertiary/aromatic N) is 5. The fourth-order valence-electron chi connectivity index (χ4n) is 2.91. The molecule has 1 N–H and O–H groups in total. The first kappa shape index (κ1) is 18.5. The summed E-state index contributed by atoms with van der Waals surface area (Å²) in [4.78, 5) is 16.5. The van der Waals surface area contributed by atoms with Crippen LogP contribution in [0.2, 0.25) is 0 Å². The quantitative estimate of drug-likeness (QED) is 0.559. The Morgan fingerprint density at radius 1 is 1.14 bits per heavy atom. The molecule has 29 heavy (non-hydrogen) atoms. The lowest BCUT2D eigenvalue weighted by atomic mass is 10.1. The maximum Gasteiger partial charge on any atom is 0.316 e. The predicted molar refractivity (Wildman–Crippen MR) is 103 cm³/mol. The molecule has 9 heteroatoms. The van der Waals surface area contributed by atoms with Crippen molar-refractivity contribution in [1.82, 2.24) is 25.1 Å². The fraction of sp³-hybridized carbons (Fsp3) is 0.150. The van der Waals surface area contributed by atoms with Gasteiger partial charge in [-0.2, -0.15) is 4.98 Å². The molecule has 8 nitrogen and oxygen atoms in total. The van der Waals surface area contributed by atoms with E-state index in [2.05, 4.69) is 25.8 Å². The van der Waals surface area contributed by atoms with Crippen LogP contribution in [0.15, 0.2) is 53.2 Å². The van der Waals surface area contributed by atoms with Crippen LogP contribution < -0.4 is 5.32 Å². The van der Waals surface area contributed by atoms with Crippen molar-refractivity contribution >= 4 is 11.6 Å². The highest BCUT2D eigenvalue weighted by Crippen LogP contribution is 2.17. The second-order valence-corrected chi connectivity index (χ2v) is 6.68. The molecular formula is C20H17FN6O2. The number of carbonyl (C=O) groups excluding carboxylic acids is 1. The molecule has 0 aliphatic heterocycles. The first-order chi connectivity index (χ1) is 14.0. The van der Waals surface area contributed by atoms with Crippen LogP contribution in [0, 0.1) is 19.7 Å². The van der Waals surface area contributed by atoms with Crippen LogP contribution in [-0.4, -0.2) is 31.0 Å². The van der Waals surface area contributed by atoms with Gasteiger partial charge in [-0.05, 0) is 54.8 Å². The summed E-state index contributed by atoms with van der Waals surface area (Å²) in [7, 11) is 0. The van der Waals surface area contributed by atoms with Gasteiger partial charge in [0.15, 0.2) is 5.69 Å². The van der Waals surface area contributed by atoms with Gasteiger partial charge in [-0.25, -0.2) is 9.07 Å². The first-order valence-corrected chi connectivity index (χ1v) is 8.84. The van der Waals surface area contributed by atoms with Crippen LogP contribution in [0.4, 0.5) is 10.1 Å².